The van der Waals surface area contributed by atoms with Gasteiger partial charge in [0.25, 0.3) is 0 Å². The average Bonchev–Trinajstić information content (AvgIpc) is 2.98. The third kappa shape index (κ3) is 2.94. The summed E-state index contributed by atoms with van der Waals surface area (Å²) in [6, 6.07) is 6.40. The Kier molecular flexibility index (Phi) is 4.84. The van der Waals surface area contributed by atoms with E-state index >= 15 is 0 Å². The Labute approximate surface area is 127 Å². The SMILES string of the molecule is CN(C)C([C]1[CH][CH][CH][CH]1)c1ccc2c(c1)OCO2.[Li+]. The Morgan fingerprint density at radius 3 is 2.42 bits per heavy atom. The van der Waals surface area contributed by atoms with Gasteiger partial charge in [-0.15, -0.1) is 0 Å². The molecule has 0 saturated heterocycles. The van der Waals surface area contributed by atoms with E-state index in [4.69, 9.17) is 9.47 Å². The fraction of sp³-hybridized carbons (Fsp3) is 0.267. The Bertz CT molecular complexity index is 430. The summed E-state index contributed by atoms with van der Waals surface area (Å²) in [6.45, 7) is 0.321. The summed E-state index contributed by atoms with van der Waals surface area (Å²) in [7, 11) is 4.17. The van der Waals surface area contributed by atoms with Gasteiger partial charge in [-0.3, -0.25) is 0 Å². The minimum Gasteiger partial charge on any atom is -0.454 e. The molecule has 1 fully saturated rings. The summed E-state index contributed by atoms with van der Waals surface area (Å²) in [4.78, 5) is 2.20. The van der Waals surface area contributed by atoms with E-state index in [-0.39, 0.29) is 24.9 Å². The number of rotatable bonds is 3. The maximum atomic E-state index is 5.45. The monoisotopic (exact) mass is 249 g/mol. The Morgan fingerprint density at radius 2 is 1.74 bits per heavy atom. The van der Waals surface area contributed by atoms with Gasteiger partial charge in [0, 0.05) is 12.0 Å². The Hall–Kier alpha value is -0.623. The smallest absolute Gasteiger partial charge is 0.454 e. The summed E-state index contributed by atoms with van der Waals surface area (Å²) in [5, 5.41) is 0. The van der Waals surface area contributed by atoms with Crippen LogP contribution in [0.25, 0.3) is 0 Å². The van der Waals surface area contributed by atoms with E-state index in [1.54, 1.807) is 0 Å². The van der Waals surface area contributed by atoms with Crippen LogP contribution in [0.15, 0.2) is 18.2 Å². The largest absolute Gasteiger partial charge is 1.00 e. The molecule has 1 atom stereocenters. The summed E-state index contributed by atoms with van der Waals surface area (Å²) in [6.07, 6.45) is 8.43. The molecule has 0 spiro atoms. The zero-order valence-electron chi connectivity index (χ0n) is 11.6. The summed E-state index contributed by atoms with van der Waals surface area (Å²) >= 11 is 0. The first-order chi connectivity index (χ1) is 8.75. The quantitative estimate of drug-likeness (QED) is 0.670. The number of nitrogens with zero attached hydrogens (tertiary/aromatic N) is 1. The number of ether oxygens (including phenoxy) is 2. The third-order valence-electron chi connectivity index (χ3n) is 3.23. The fourth-order valence-electron chi connectivity index (χ4n) is 2.44. The van der Waals surface area contributed by atoms with Gasteiger partial charge in [0.2, 0.25) is 6.79 Å². The van der Waals surface area contributed by atoms with Crippen molar-refractivity contribution in [1.29, 1.82) is 0 Å². The molecule has 1 saturated carbocycles. The molecule has 1 aromatic rings. The van der Waals surface area contributed by atoms with Crippen LogP contribution in [-0.2, 0) is 0 Å². The van der Waals surface area contributed by atoms with Crippen LogP contribution in [0.1, 0.15) is 11.6 Å². The van der Waals surface area contributed by atoms with Crippen LogP contribution in [0.5, 0.6) is 11.5 Å². The van der Waals surface area contributed by atoms with Gasteiger partial charge in [-0.25, -0.2) is 0 Å². The molecule has 3 rings (SSSR count). The Morgan fingerprint density at radius 1 is 1.05 bits per heavy atom. The van der Waals surface area contributed by atoms with Gasteiger partial charge in [-0.2, -0.15) is 0 Å². The van der Waals surface area contributed by atoms with Gasteiger partial charge in [0.15, 0.2) is 11.5 Å². The van der Waals surface area contributed by atoms with Crippen molar-refractivity contribution in [2.75, 3.05) is 20.9 Å². The van der Waals surface area contributed by atoms with E-state index in [9.17, 15) is 0 Å². The van der Waals surface area contributed by atoms with Crippen LogP contribution in [-0.4, -0.2) is 25.8 Å². The molecule has 0 N–H and O–H groups in total. The molecule has 1 aliphatic heterocycles. The van der Waals surface area contributed by atoms with Gasteiger partial charge in [-0.1, -0.05) is 6.07 Å². The van der Waals surface area contributed by atoms with Crippen LogP contribution in [0.4, 0.5) is 0 Å². The molecule has 1 heterocycles. The van der Waals surface area contributed by atoms with Crippen LogP contribution < -0.4 is 28.3 Å². The molecule has 4 heteroatoms. The van der Waals surface area contributed by atoms with E-state index < -0.39 is 0 Å². The second-order valence-corrected chi connectivity index (χ2v) is 4.70. The van der Waals surface area contributed by atoms with E-state index in [2.05, 4.69) is 56.8 Å². The molecule has 0 aromatic heterocycles. The van der Waals surface area contributed by atoms with Crippen LogP contribution in [0, 0.1) is 31.6 Å². The van der Waals surface area contributed by atoms with E-state index in [1.165, 1.54) is 11.5 Å². The van der Waals surface area contributed by atoms with Crippen molar-refractivity contribution in [3.63, 3.8) is 0 Å². The second kappa shape index (κ2) is 6.22. The predicted octanol–water partition coefficient (Wildman–Crippen LogP) is -0.573. The molecule has 1 aliphatic carbocycles. The van der Waals surface area contributed by atoms with E-state index in [0.717, 1.165) is 11.5 Å². The summed E-state index contributed by atoms with van der Waals surface area (Å²) in [5.41, 5.74) is 1.22. The minimum absolute atomic E-state index is 0. The van der Waals surface area contributed by atoms with Gasteiger partial charge >= 0.3 is 18.9 Å². The molecule has 1 aromatic carbocycles. The maximum Gasteiger partial charge on any atom is 1.00 e. The first-order valence-electron chi connectivity index (χ1n) is 6.03. The molecular weight excluding hydrogens is 233 g/mol. The van der Waals surface area contributed by atoms with Gasteiger partial charge in [0.1, 0.15) is 0 Å². The summed E-state index contributed by atoms with van der Waals surface area (Å²) < 4.78 is 10.8. The topological polar surface area (TPSA) is 21.7 Å². The standard InChI is InChI=1S/C15H16NO2.Li/c1-16(2)15(11-5-3-4-6-11)12-7-8-13-14(9-12)18-10-17-13;/h3-9,15H,10H2,1-2H3;/q;+1. The van der Waals surface area contributed by atoms with Crippen molar-refractivity contribution in [1.82, 2.24) is 4.90 Å². The predicted molar refractivity (Wildman–Crippen MR) is 69.4 cm³/mol. The van der Waals surface area contributed by atoms with Gasteiger partial charge in [0.05, 0.1) is 0 Å². The maximum absolute atomic E-state index is 5.45. The van der Waals surface area contributed by atoms with E-state index in [0.29, 0.717) is 6.79 Å². The van der Waals surface area contributed by atoms with Crippen molar-refractivity contribution in [3.05, 3.63) is 55.4 Å². The number of hydrogen-bond donors (Lipinski definition) is 0. The number of fused-ring (bicyclic) bond motifs is 1. The van der Waals surface area contributed by atoms with Gasteiger partial charge in [-0.05, 0) is 57.5 Å². The molecule has 0 amide bonds. The molecule has 1 unspecified atom stereocenters. The molecule has 3 nitrogen and oxygen atoms in total. The second-order valence-electron chi connectivity index (χ2n) is 4.70. The van der Waals surface area contributed by atoms with Crippen molar-refractivity contribution >= 4 is 0 Å². The van der Waals surface area contributed by atoms with Gasteiger partial charge < -0.3 is 14.4 Å². The zero-order chi connectivity index (χ0) is 12.5. The number of hydrogen-bond acceptors (Lipinski definition) is 3. The Balaban J connectivity index is 0.00000133. The van der Waals surface area contributed by atoms with E-state index in [1.807, 2.05) is 6.07 Å². The van der Waals surface area contributed by atoms with Crippen molar-refractivity contribution in [3.8, 4) is 11.5 Å². The third-order valence-corrected chi connectivity index (χ3v) is 3.23. The minimum atomic E-state index is 0. The van der Waals surface area contributed by atoms with Crippen molar-refractivity contribution in [2.45, 2.75) is 6.04 Å². The molecule has 0 bridgehead atoms. The number of benzene rings is 1. The van der Waals surface area contributed by atoms with Crippen molar-refractivity contribution < 1.29 is 28.3 Å². The van der Waals surface area contributed by atoms with Crippen molar-refractivity contribution in [2.24, 2.45) is 0 Å². The fourth-order valence-corrected chi connectivity index (χ4v) is 2.44. The first kappa shape index (κ1) is 14.8. The summed E-state index contributed by atoms with van der Waals surface area (Å²) in [5.74, 6) is 2.96. The average molecular weight is 249 g/mol. The van der Waals surface area contributed by atoms with Crippen LogP contribution >= 0.6 is 0 Å². The molecule has 19 heavy (non-hydrogen) atoms. The molecule has 5 radical (unpaired) electrons. The zero-order valence-corrected chi connectivity index (χ0v) is 11.6. The molecule has 93 valence electrons. The van der Waals surface area contributed by atoms with Crippen LogP contribution in [0.3, 0.4) is 0 Å². The molecular formula is C15H16LiNO2+. The normalized spacial score (nSPS) is 19.5. The van der Waals surface area contributed by atoms with Crippen LogP contribution in [0.2, 0.25) is 0 Å². The molecule has 2 aliphatic rings. The first-order valence-corrected chi connectivity index (χ1v) is 6.03.